The molecule has 0 fully saturated rings. The fourth-order valence-corrected chi connectivity index (χ4v) is 5.27. The van der Waals surface area contributed by atoms with Gasteiger partial charge in [-0.25, -0.2) is 4.98 Å². The topological polar surface area (TPSA) is 58.4 Å². The van der Waals surface area contributed by atoms with Crippen LogP contribution in [0.15, 0.2) is 35.4 Å². The SMILES string of the molecule is CN(CCO)C1CCc2c(sc3ncn(Cc4ccccc4Cl)c(=O)c23)C1. The molecule has 1 aliphatic carbocycles. The third kappa shape index (κ3) is 3.55. The van der Waals surface area contributed by atoms with Crippen LogP contribution >= 0.6 is 22.9 Å². The average molecular weight is 404 g/mol. The fourth-order valence-electron chi connectivity index (χ4n) is 3.82. The maximum Gasteiger partial charge on any atom is 0.262 e. The molecule has 0 radical (unpaired) electrons. The normalized spacial score (nSPS) is 16.8. The van der Waals surface area contributed by atoms with Gasteiger partial charge < -0.3 is 10.0 Å². The zero-order valence-corrected chi connectivity index (χ0v) is 16.8. The third-order valence-electron chi connectivity index (χ3n) is 5.38. The van der Waals surface area contributed by atoms with Crippen molar-refractivity contribution in [1.29, 1.82) is 0 Å². The maximum absolute atomic E-state index is 13.1. The second-order valence-electron chi connectivity index (χ2n) is 7.05. The maximum atomic E-state index is 13.1. The molecular formula is C20H22ClN3O2S. The first kappa shape index (κ1) is 18.6. The summed E-state index contributed by atoms with van der Waals surface area (Å²) in [6, 6.07) is 7.99. The predicted molar refractivity (Wildman–Crippen MR) is 110 cm³/mol. The summed E-state index contributed by atoms with van der Waals surface area (Å²) in [4.78, 5) is 22.0. The first-order valence-corrected chi connectivity index (χ1v) is 10.3. The van der Waals surface area contributed by atoms with E-state index in [2.05, 4.69) is 9.88 Å². The van der Waals surface area contributed by atoms with Crippen LogP contribution < -0.4 is 5.56 Å². The van der Waals surface area contributed by atoms with Crippen LogP contribution in [0.3, 0.4) is 0 Å². The monoisotopic (exact) mass is 403 g/mol. The molecule has 4 rings (SSSR count). The van der Waals surface area contributed by atoms with Gasteiger partial charge in [-0.1, -0.05) is 29.8 Å². The standard InChI is InChI=1S/C20H22ClN3O2S/c1-23(8-9-25)14-6-7-15-17(10-14)27-19-18(15)20(26)24(12-22-19)11-13-4-2-3-5-16(13)21/h2-5,12,14,25H,6-11H2,1H3. The number of hydrogen-bond donors (Lipinski definition) is 1. The van der Waals surface area contributed by atoms with E-state index in [4.69, 9.17) is 11.6 Å². The first-order valence-electron chi connectivity index (χ1n) is 9.12. The van der Waals surface area contributed by atoms with E-state index in [1.54, 1.807) is 22.2 Å². The quantitative estimate of drug-likeness (QED) is 0.711. The van der Waals surface area contributed by atoms with Crippen LogP contribution in [0.2, 0.25) is 5.02 Å². The summed E-state index contributed by atoms with van der Waals surface area (Å²) in [5.74, 6) is 0. The Kier molecular flexibility index (Phi) is 5.32. The summed E-state index contributed by atoms with van der Waals surface area (Å²) in [5.41, 5.74) is 2.09. The Morgan fingerprint density at radius 1 is 1.41 bits per heavy atom. The molecule has 1 aromatic carbocycles. The van der Waals surface area contributed by atoms with Crippen molar-refractivity contribution >= 4 is 33.2 Å². The Labute approximate surface area is 166 Å². The van der Waals surface area contributed by atoms with Gasteiger partial charge in [-0.3, -0.25) is 9.36 Å². The molecule has 1 aliphatic rings. The van der Waals surface area contributed by atoms with E-state index in [0.717, 1.165) is 40.6 Å². The van der Waals surface area contributed by atoms with E-state index in [-0.39, 0.29) is 12.2 Å². The van der Waals surface area contributed by atoms with E-state index >= 15 is 0 Å². The number of halogens is 1. The molecule has 0 saturated carbocycles. The Hall–Kier alpha value is -1.73. The molecule has 2 heterocycles. The number of aromatic nitrogens is 2. The summed E-state index contributed by atoms with van der Waals surface area (Å²) < 4.78 is 1.65. The molecule has 7 heteroatoms. The summed E-state index contributed by atoms with van der Waals surface area (Å²) in [7, 11) is 2.05. The minimum Gasteiger partial charge on any atom is -0.395 e. The molecule has 27 heavy (non-hydrogen) atoms. The van der Waals surface area contributed by atoms with E-state index in [0.29, 0.717) is 24.2 Å². The number of nitrogens with zero attached hydrogens (tertiary/aromatic N) is 3. The van der Waals surface area contributed by atoms with Crippen molar-refractivity contribution in [3.63, 3.8) is 0 Å². The molecule has 1 N–H and O–H groups in total. The van der Waals surface area contributed by atoms with Crippen molar-refractivity contribution in [3.05, 3.63) is 62.0 Å². The van der Waals surface area contributed by atoms with Crippen LogP contribution in [-0.2, 0) is 19.4 Å². The molecule has 5 nitrogen and oxygen atoms in total. The summed E-state index contributed by atoms with van der Waals surface area (Å²) in [6.45, 7) is 1.27. The number of fused-ring (bicyclic) bond motifs is 3. The minimum atomic E-state index is 0.0135. The molecule has 1 unspecified atom stereocenters. The number of aliphatic hydroxyl groups is 1. The van der Waals surface area contributed by atoms with Crippen molar-refractivity contribution in [2.75, 3.05) is 20.2 Å². The van der Waals surface area contributed by atoms with Crippen molar-refractivity contribution in [1.82, 2.24) is 14.5 Å². The van der Waals surface area contributed by atoms with E-state index < -0.39 is 0 Å². The van der Waals surface area contributed by atoms with E-state index in [1.165, 1.54) is 4.88 Å². The number of likely N-dealkylation sites (N-methyl/N-ethyl adjacent to an activating group) is 1. The lowest BCUT2D eigenvalue weighted by atomic mass is 9.92. The van der Waals surface area contributed by atoms with Gasteiger partial charge in [0.25, 0.3) is 5.56 Å². The average Bonchev–Trinajstić information content (AvgIpc) is 3.04. The van der Waals surface area contributed by atoms with Crippen LogP contribution in [0.5, 0.6) is 0 Å². The first-order chi connectivity index (χ1) is 13.1. The zero-order valence-electron chi connectivity index (χ0n) is 15.2. The lowest BCUT2D eigenvalue weighted by Gasteiger charge is -2.30. The highest BCUT2D eigenvalue weighted by Crippen LogP contribution is 2.34. The van der Waals surface area contributed by atoms with Crippen LogP contribution in [0, 0.1) is 0 Å². The van der Waals surface area contributed by atoms with Gasteiger partial charge in [0, 0.05) is 22.5 Å². The number of thiophene rings is 1. The second-order valence-corrected chi connectivity index (χ2v) is 8.54. The molecule has 0 bridgehead atoms. The lowest BCUT2D eigenvalue weighted by molar-refractivity contribution is 0.170. The molecule has 1 atom stereocenters. The van der Waals surface area contributed by atoms with Gasteiger partial charge in [-0.2, -0.15) is 0 Å². The molecule has 0 saturated heterocycles. The van der Waals surface area contributed by atoms with Crippen molar-refractivity contribution in [3.8, 4) is 0 Å². The molecular weight excluding hydrogens is 382 g/mol. The fraction of sp³-hybridized carbons (Fsp3) is 0.400. The largest absolute Gasteiger partial charge is 0.395 e. The van der Waals surface area contributed by atoms with Crippen molar-refractivity contribution in [2.45, 2.75) is 31.8 Å². The number of hydrogen-bond acceptors (Lipinski definition) is 5. The predicted octanol–water partition coefficient (Wildman–Crippen LogP) is 2.94. The third-order valence-corrected chi connectivity index (χ3v) is 6.92. The van der Waals surface area contributed by atoms with E-state index in [1.807, 2.05) is 31.3 Å². The highest BCUT2D eigenvalue weighted by Gasteiger charge is 2.27. The van der Waals surface area contributed by atoms with Crippen molar-refractivity contribution < 1.29 is 5.11 Å². The van der Waals surface area contributed by atoms with Crippen molar-refractivity contribution in [2.24, 2.45) is 0 Å². The highest BCUT2D eigenvalue weighted by atomic mass is 35.5. The number of rotatable bonds is 5. The van der Waals surface area contributed by atoms with Crippen LogP contribution in [-0.4, -0.2) is 45.8 Å². The lowest BCUT2D eigenvalue weighted by Crippen LogP contribution is -2.37. The minimum absolute atomic E-state index is 0.0135. The molecule has 3 aromatic rings. The van der Waals surface area contributed by atoms with E-state index in [9.17, 15) is 9.90 Å². The zero-order chi connectivity index (χ0) is 19.0. The second kappa shape index (κ2) is 7.72. The Morgan fingerprint density at radius 2 is 2.22 bits per heavy atom. The number of benzene rings is 1. The van der Waals surface area contributed by atoms with Gasteiger partial charge in [0.05, 0.1) is 24.9 Å². The highest BCUT2D eigenvalue weighted by molar-refractivity contribution is 7.18. The molecule has 0 aliphatic heterocycles. The van der Waals surface area contributed by atoms with Gasteiger partial charge in [-0.05, 0) is 43.5 Å². The van der Waals surface area contributed by atoms with Gasteiger partial charge in [0.15, 0.2) is 0 Å². The summed E-state index contributed by atoms with van der Waals surface area (Å²) in [6.07, 6.45) is 4.42. The van der Waals surface area contributed by atoms with Crippen LogP contribution in [0.1, 0.15) is 22.4 Å². The van der Waals surface area contributed by atoms with Gasteiger partial charge >= 0.3 is 0 Å². The number of aliphatic hydroxyl groups excluding tert-OH is 1. The van der Waals surface area contributed by atoms with Crippen LogP contribution in [0.25, 0.3) is 10.2 Å². The molecule has 0 amide bonds. The molecule has 0 spiro atoms. The molecule has 142 valence electrons. The Bertz CT molecular complexity index is 1030. The van der Waals surface area contributed by atoms with Gasteiger partial charge in [-0.15, -0.1) is 11.3 Å². The summed E-state index contributed by atoms with van der Waals surface area (Å²) in [5, 5.41) is 10.6. The van der Waals surface area contributed by atoms with Gasteiger partial charge in [0.2, 0.25) is 0 Å². The van der Waals surface area contributed by atoms with Gasteiger partial charge in [0.1, 0.15) is 4.83 Å². The Balaban J connectivity index is 1.69. The summed E-state index contributed by atoms with van der Waals surface area (Å²) >= 11 is 7.89. The number of aryl methyl sites for hydroxylation is 1. The Morgan fingerprint density at radius 3 is 3.00 bits per heavy atom. The van der Waals surface area contributed by atoms with Crippen LogP contribution in [0.4, 0.5) is 0 Å². The molecule has 2 aromatic heterocycles. The smallest absolute Gasteiger partial charge is 0.262 e.